The molecule has 2 fully saturated rings. The zero-order valence-electron chi connectivity index (χ0n) is 18.5. The van der Waals surface area contributed by atoms with Crippen LogP contribution in [-0.2, 0) is 26.0 Å². The van der Waals surface area contributed by atoms with Gasteiger partial charge >= 0.3 is 0 Å². The van der Waals surface area contributed by atoms with Crippen LogP contribution in [0.15, 0.2) is 34.3 Å². The Morgan fingerprint density at radius 1 is 1.22 bits per heavy atom. The Balaban J connectivity index is 1.38. The number of hydrogen-bond donors (Lipinski definition) is 0. The molecular weight excluding hydrogens is 450 g/mol. The normalized spacial score (nSPS) is 20.0. The van der Waals surface area contributed by atoms with Gasteiger partial charge in [0.25, 0.3) is 0 Å². The molecule has 0 saturated carbocycles. The topological polar surface area (TPSA) is 90.7 Å². The maximum Gasteiger partial charge on any atom is 0.244 e. The van der Waals surface area contributed by atoms with Crippen LogP contribution in [0.1, 0.15) is 34.6 Å². The Morgan fingerprint density at radius 2 is 2.00 bits per heavy atom. The van der Waals surface area contributed by atoms with Crippen LogP contribution < -0.4 is 0 Å². The summed E-state index contributed by atoms with van der Waals surface area (Å²) >= 11 is 1.31. The molecule has 4 rings (SSSR count). The molecule has 1 atom stereocenters. The molecule has 2 aliphatic heterocycles. The molecule has 8 nitrogen and oxygen atoms in total. The molecule has 0 spiro atoms. The second kappa shape index (κ2) is 10.0. The van der Waals surface area contributed by atoms with Crippen molar-refractivity contribution in [3.05, 3.63) is 41.3 Å². The lowest BCUT2D eigenvalue weighted by Gasteiger charge is -2.25. The summed E-state index contributed by atoms with van der Waals surface area (Å²) in [5.74, 6) is 0.278. The highest BCUT2D eigenvalue weighted by Crippen LogP contribution is 2.24. The molecule has 0 N–H and O–H groups in total. The van der Waals surface area contributed by atoms with E-state index >= 15 is 0 Å². The average molecular weight is 480 g/mol. The van der Waals surface area contributed by atoms with Crippen molar-refractivity contribution in [1.29, 1.82) is 0 Å². The van der Waals surface area contributed by atoms with E-state index in [0.29, 0.717) is 31.3 Å². The van der Waals surface area contributed by atoms with Crippen molar-refractivity contribution in [3.8, 4) is 0 Å². The molecule has 174 valence electrons. The highest BCUT2D eigenvalue weighted by atomic mass is 32.2. The van der Waals surface area contributed by atoms with Gasteiger partial charge in [-0.25, -0.2) is 13.4 Å². The molecular formula is C22H29N3O5S2. The van der Waals surface area contributed by atoms with Crippen molar-refractivity contribution >= 4 is 27.6 Å². The summed E-state index contributed by atoms with van der Waals surface area (Å²) in [6, 6.07) is 5.16. The van der Waals surface area contributed by atoms with Crippen molar-refractivity contribution < 1.29 is 22.7 Å². The van der Waals surface area contributed by atoms with Gasteiger partial charge in [0.1, 0.15) is 4.90 Å². The summed E-state index contributed by atoms with van der Waals surface area (Å²) in [6.07, 6.45) is 3.73. The van der Waals surface area contributed by atoms with Gasteiger partial charge in [0, 0.05) is 49.4 Å². The van der Waals surface area contributed by atoms with Crippen LogP contribution in [0, 0.1) is 13.8 Å². The molecule has 0 amide bonds. The summed E-state index contributed by atoms with van der Waals surface area (Å²) in [5.41, 5.74) is 2.74. The molecule has 0 aliphatic carbocycles. The molecule has 2 aromatic rings. The minimum Gasteiger partial charge on any atom is -0.379 e. The Bertz CT molecular complexity index is 1050. The van der Waals surface area contributed by atoms with Gasteiger partial charge in [-0.1, -0.05) is 11.8 Å². The Labute approximate surface area is 193 Å². The number of Topliss-reactive ketones (excluding diaryl/α,β-unsaturated/α-hetero) is 1. The van der Waals surface area contributed by atoms with E-state index < -0.39 is 10.0 Å². The van der Waals surface area contributed by atoms with Crippen LogP contribution in [0.2, 0.25) is 0 Å². The molecule has 0 radical (unpaired) electrons. The maximum atomic E-state index is 12.9. The zero-order chi connectivity index (χ0) is 22.7. The third-order valence-electron chi connectivity index (χ3n) is 5.95. The van der Waals surface area contributed by atoms with Gasteiger partial charge < -0.3 is 14.0 Å². The minimum atomic E-state index is -3.57. The van der Waals surface area contributed by atoms with Gasteiger partial charge in [0.2, 0.25) is 10.0 Å². The van der Waals surface area contributed by atoms with Crippen LogP contribution in [0.5, 0.6) is 0 Å². The van der Waals surface area contributed by atoms with Crippen LogP contribution >= 0.6 is 11.8 Å². The zero-order valence-corrected chi connectivity index (χ0v) is 20.1. The van der Waals surface area contributed by atoms with Gasteiger partial charge in [0.15, 0.2) is 5.78 Å². The third kappa shape index (κ3) is 5.09. The first-order chi connectivity index (χ1) is 15.4. The fourth-order valence-corrected chi connectivity index (χ4v) is 6.19. The molecule has 10 heteroatoms. The number of rotatable bonds is 8. The standard InChI is InChI=1S/C22H29N3O5S2/c1-16-12-20(17(2)25(16)14-18-4-3-9-30-18)21(26)15-31-22-6-5-19(13-23-22)32(27,28)24-7-10-29-11-8-24/h5-6,12-13,18H,3-4,7-11,14-15H2,1-2H3. The van der Waals surface area contributed by atoms with Crippen molar-refractivity contribution in [2.45, 2.75) is 49.3 Å². The van der Waals surface area contributed by atoms with E-state index in [0.717, 1.165) is 42.9 Å². The lowest BCUT2D eigenvalue weighted by molar-refractivity contribution is 0.0730. The number of aryl methyl sites for hydroxylation is 1. The van der Waals surface area contributed by atoms with Gasteiger partial charge in [-0.2, -0.15) is 4.31 Å². The molecule has 4 heterocycles. The second-order valence-corrected chi connectivity index (χ2v) is 11.0. The fraction of sp³-hybridized carbons (Fsp3) is 0.545. The van der Waals surface area contributed by atoms with E-state index in [1.807, 2.05) is 19.9 Å². The SMILES string of the molecule is Cc1cc(C(=O)CSc2ccc(S(=O)(=O)N3CCOCC3)cn2)c(C)n1CC1CCCO1. The van der Waals surface area contributed by atoms with Crippen LogP contribution in [0.25, 0.3) is 0 Å². The summed E-state index contributed by atoms with van der Waals surface area (Å²) in [5, 5.41) is 0.618. The van der Waals surface area contributed by atoms with Gasteiger partial charge in [0.05, 0.1) is 30.1 Å². The fourth-order valence-electron chi connectivity index (χ4n) is 4.11. The van der Waals surface area contributed by atoms with Crippen molar-refractivity contribution in [2.75, 3.05) is 38.7 Å². The number of sulfonamides is 1. The van der Waals surface area contributed by atoms with E-state index in [9.17, 15) is 13.2 Å². The smallest absolute Gasteiger partial charge is 0.244 e. The van der Waals surface area contributed by atoms with E-state index in [2.05, 4.69) is 9.55 Å². The molecule has 32 heavy (non-hydrogen) atoms. The maximum absolute atomic E-state index is 12.9. The first kappa shape index (κ1) is 23.4. The van der Waals surface area contributed by atoms with Crippen molar-refractivity contribution in [3.63, 3.8) is 0 Å². The summed E-state index contributed by atoms with van der Waals surface area (Å²) in [7, 11) is -3.57. The van der Waals surface area contributed by atoms with Gasteiger partial charge in [-0.05, 0) is 44.9 Å². The van der Waals surface area contributed by atoms with E-state index in [4.69, 9.17) is 9.47 Å². The highest BCUT2D eigenvalue weighted by molar-refractivity contribution is 7.99. The molecule has 2 aliphatic rings. The molecule has 2 aromatic heterocycles. The van der Waals surface area contributed by atoms with Crippen LogP contribution in [0.4, 0.5) is 0 Å². The number of morpholine rings is 1. The molecule has 1 unspecified atom stereocenters. The second-order valence-electron chi connectivity index (χ2n) is 8.09. The largest absolute Gasteiger partial charge is 0.379 e. The number of ketones is 1. The van der Waals surface area contributed by atoms with E-state index in [-0.39, 0.29) is 22.5 Å². The lowest BCUT2D eigenvalue weighted by atomic mass is 10.2. The first-order valence-corrected chi connectivity index (χ1v) is 13.3. The van der Waals surface area contributed by atoms with Gasteiger partial charge in [-0.15, -0.1) is 0 Å². The predicted octanol–water partition coefficient (Wildman–Crippen LogP) is 2.67. The highest BCUT2D eigenvalue weighted by Gasteiger charge is 2.26. The van der Waals surface area contributed by atoms with Gasteiger partial charge in [-0.3, -0.25) is 4.79 Å². The number of carbonyl (C=O) groups is 1. The lowest BCUT2D eigenvalue weighted by Crippen LogP contribution is -2.40. The number of nitrogens with zero attached hydrogens (tertiary/aromatic N) is 3. The Kier molecular flexibility index (Phi) is 7.36. The monoisotopic (exact) mass is 479 g/mol. The number of ether oxygens (including phenoxy) is 2. The quantitative estimate of drug-likeness (QED) is 0.425. The molecule has 0 bridgehead atoms. The van der Waals surface area contributed by atoms with Crippen molar-refractivity contribution in [2.24, 2.45) is 0 Å². The predicted molar refractivity (Wildman–Crippen MR) is 122 cm³/mol. The number of carbonyl (C=O) groups excluding carboxylic acids is 1. The van der Waals surface area contributed by atoms with Crippen LogP contribution in [0.3, 0.4) is 0 Å². The average Bonchev–Trinajstić information content (AvgIpc) is 3.42. The minimum absolute atomic E-state index is 0.0357. The number of thioether (sulfide) groups is 1. The summed E-state index contributed by atoms with van der Waals surface area (Å²) in [6.45, 7) is 7.07. The van der Waals surface area contributed by atoms with Crippen molar-refractivity contribution in [1.82, 2.24) is 13.9 Å². The third-order valence-corrected chi connectivity index (χ3v) is 8.78. The van der Waals surface area contributed by atoms with E-state index in [1.165, 1.54) is 22.3 Å². The van der Waals surface area contributed by atoms with Crippen LogP contribution in [-0.4, -0.2) is 72.8 Å². The van der Waals surface area contributed by atoms with E-state index in [1.54, 1.807) is 12.1 Å². The molecule has 2 saturated heterocycles. The number of hydrogen-bond acceptors (Lipinski definition) is 7. The number of pyridine rings is 1. The Morgan fingerprint density at radius 3 is 2.66 bits per heavy atom. The molecule has 0 aromatic carbocycles. The summed E-state index contributed by atoms with van der Waals surface area (Å²) in [4.78, 5) is 17.3. The Hall–Kier alpha value is -1.72. The number of aromatic nitrogens is 2. The first-order valence-electron chi connectivity index (χ1n) is 10.8. The summed E-state index contributed by atoms with van der Waals surface area (Å²) < 4.78 is 40.0.